The Bertz CT molecular complexity index is 1210. The molecule has 3 rings (SSSR count). The Morgan fingerprint density at radius 2 is 2.00 bits per heavy atom. The number of benzene rings is 1. The predicted molar refractivity (Wildman–Crippen MR) is 117 cm³/mol. The number of ether oxygens (including phenoxy) is 1. The molecule has 3 aromatic rings. The Hall–Kier alpha value is -2.88. The van der Waals surface area contributed by atoms with Gasteiger partial charge in [0.1, 0.15) is 5.75 Å². The van der Waals surface area contributed by atoms with Crippen LogP contribution in [0.2, 0.25) is 0 Å². The molecule has 0 aliphatic rings. The van der Waals surface area contributed by atoms with E-state index in [0.29, 0.717) is 29.4 Å². The Morgan fingerprint density at radius 3 is 2.66 bits per heavy atom. The number of nitrogens with zero attached hydrogens (tertiary/aromatic N) is 5. The molecule has 10 heteroatoms. The summed E-state index contributed by atoms with van der Waals surface area (Å²) in [7, 11) is 4.64. The summed E-state index contributed by atoms with van der Waals surface area (Å²) in [6, 6.07) is 5.58. The van der Waals surface area contributed by atoms with Crippen LogP contribution in [0.4, 0.5) is 5.95 Å². The van der Waals surface area contributed by atoms with E-state index in [1.807, 2.05) is 32.0 Å². The van der Waals surface area contributed by atoms with Crippen LogP contribution in [0.5, 0.6) is 5.75 Å². The van der Waals surface area contributed by atoms with Crippen molar-refractivity contribution >= 4 is 39.3 Å². The molecular weight excluding hydrogens is 440 g/mol. The molecule has 0 bridgehead atoms. The van der Waals surface area contributed by atoms with Crippen molar-refractivity contribution in [3.05, 3.63) is 49.1 Å². The number of aryl methyl sites for hydroxylation is 1. The van der Waals surface area contributed by atoms with Crippen molar-refractivity contribution in [3.8, 4) is 5.75 Å². The van der Waals surface area contributed by atoms with Gasteiger partial charge in [-0.2, -0.15) is 10.1 Å². The van der Waals surface area contributed by atoms with Gasteiger partial charge in [-0.3, -0.25) is 13.9 Å². The Labute approximate surface area is 175 Å². The third-order valence-electron chi connectivity index (χ3n) is 4.46. The molecule has 0 fully saturated rings. The number of nitrogens with one attached hydrogen (secondary N) is 1. The lowest BCUT2D eigenvalue weighted by Gasteiger charge is -2.11. The fraction of sp³-hybridized carbons (Fsp3) is 0.368. The molecule has 29 heavy (non-hydrogen) atoms. The van der Waals surface area contributed by atoms with E-state index in [2.05, 4.69) is 31.4 Å². The normalized spacial score (nSPS) is 11.7. The van der Waals surface area contributed by atoms with Gasteiger partial charge in [-0.1, -0.05) is 29.8 Å². The van der Waals surface area contributed by atoms with E-state index in [1.54, 1.807) is 24.9 Å². The van der Waals surface area contributed by atoms with Gasteiger partial charge in [-0.15, -0.1) is 0 Å². The molecule has 0 aliphatic heterocycles. The smallest absolute Gasteiger partial charge is 0.332 e. The standard InChI is InChI=1S/C19H23BrN6O3/c1-11(2)10-26-15-16(24(3)19(28)25(4)17(15)27)22-18(26)23-21-9-12-8-13(20)6-7-14(12)29-5/h6-9,11H,10H2,1-5H3,(H,22,23)/b21-9+. The molecule has 0 saturated heterocycles. The first kappa shape index (κ1) is 20.8. The topological polar surface area (TPSA) is 95.4 Å². The van der Waals surface area contributed by atoms with Crippen molar-refractivity contribution in [2.45, 2.75) is 20.4 Å². The minimum atomic E-state index is -0.425. The van der Waals surface area contributed by atoms with Gasteiger partial charge >= 0.3 is 5.69 Å². The van der Waals surface area contributed by atoms with E-state index in [-0.39, 0.29) is 11.5 Å². The van der Waals surface area contributed by atoms with Crippen molar-refractivity contribution < 1.29 is 4.74 Å². The molecule has 0 amide bonds. The summed E-state index contributed by atoms with van der Waals surface area (Å²) >= 11 is 3.43. The number of anilines is 1. The number of imidazole rings is 1. The highest BCUT2D eigenvalue weighted by Gasteiger charge is 2.19. The van der Waals surface area contributed by atoms with Gasteiger partial charge in [0.05, 0.1) is 13.3 Å². The van der Waals surface area contributed by atoms with Crippen LogP contribution in [0.3, 0.4) is 0 Å². The molecule has 0 aliphatic carbocycles. The lowest BCUT2D eigenvalue weighted by Crippen LogP contribution is -2.37. The highest BCUT2D eigenvalue weighted by Crippen LogP contribution is 2.22. The van der Waals surface area contributed by atoms with Gasteiger partial charge in [0, 0.05) is 30.7 Å². The quantitative estimate of drug-likeness (QED) is 0.447. The van der Waals surface area contributed by atoms with E-state index >= 15 is 0 Å². The van der Waals surface area contributed by atoms with Crippen molar-refractivity contribution in [2.24, 2.45) is 25.1 Å². The van der Waals surface area contributed by atoms with Gasteiger partial charge in [0.15, 0.2) is 11.2 Å². The number of fused-ring (bicyclic) bond motifs is 1. The average Bonchev–Trinajstić information content (AvgIpc) is 3.02. The first-order valence-corrected chi connectivity index (χ1v) is 9.82. The van der Waals surface area contributed by atoms with E-state index < -0.39 is 5.69 Å². The number of halogens is 1. The first-order valence-electron chi connectivity index (χ1n) is 9.03. The number of hydrogen-bond donors (Lipinski definition) is 1. The first-order chi connectivity index (χ1) is 13.7. The number of hydrogen-bond acceptors (Lipinski definition) is 6. The van der Waals surface area contributed by atoms with Crippen molar-refractivity contribution in [3.63, 3.8) is 0 Å². The van der Waals surface area contributed by atoms with Crippen LogP contribution in [0.25, 0.3) is 11.2 Å². The van der Waals surface area contributed by atoms with Crippen LogP contribution in [-0.4, -0.2) is 32.0 Å². The third kappa shape index (κ3) is 3.98. The van der Waals surface area contributed by atoms with E-state index in [4.69, 9.17) is 4.74 Å². The van der Waals surface area contributed by atoms with E-state index in [1.165, 1.54) is 11.6 Å². The lowest BCUT2D eigenvalue weighted by molar-refractivity contribution is 0.414. The largest absolute Gasteiger partial charge is 0.496 e. The summed E-state index contributed by atoms with van der Waals surface area (Å²) in [5, 5.41) is 4.27. The Kier molecular flexibility index (Phi) is 5.92. The van der Waals surface area contributed by atoms with Crippen LogP contribution in [0.15, 0.2) is 37.4 Å². The maximum atomic E-state index is 12.7. The highest BCUT2D eigenvalue weighted by molar-refractivity contribution is 9.10. The molecule has 154 valence electrons. The fourth-order valence-electron chi connectivity index (χ4n) is 3.04. The Balaban J connectivity index is 2.09. The number of rotatable bonds is 6. The molecule has 0 saturated carbocycles. The molecule has 2 aromatic heterocycles. The third-order valence-corrected chi connectivity index (χ3v) is 4.95. The molecule has 0 unspecified atom stereocenters. The van der Waals surface area contributed by atoms with Crippen molar-refractivity contribution in [1.29, 1.82) is 0 Å². The van der Waals surface area contributed by atoms with E-state index in [0.717, 1.165) is 14.6 Å². The molecule has 0 atom stereocenters. The van der Waals surface area contributed by atoms with Gasteiger partial charge in [0.2, 0.25) is 5.95 Å². The summed E-state index contributed by atoms with van der Waals surface area (Å²) in [6.07, 6.45) is 1.61. The number of hydrazone groups is 1. The van der Waals surface area contributed by atoms with Crippen molar-refractivity contribution in [1.82, 2.24) is 18.7 Å². The number of methoxy groups -OCH3 is 1. The maximum absolute atomic E-state index is 12.7. The summed E-state index contributed by atoms with van der Waals surface area (Å²) < 4.78 is 10.4. The Morgan fingerprint density at radius 1 is 1.28 bits per heavy atom. The highest BCUT2D eigenvalue weighted by atomic mass is 79.9. The summed E-state index contributed by atoms with van der Waals surface area (Å²) in [4.78, 5) is 29.5. The zero-order valence-corrected chi connectivity index (χ0v) is 18.5. The van der Waals surface area contributed by atoms with Gasteiger partial charge in [0.25, 0.3) is 5.56 Å². The maximum Gasteiger partial charge on any atom is 0.332 e. The molecule has 0 radical (unpaired) electrons. The molecule has 2 heterocycles. The lowest BCUT2D eigenvalue weighted by atomic mass is 10.2. The molecular formula is C19H23BrN6O3. The monoisotopic (exact) mass is 462 g/mol. The van der Waals surface area contributed by atoms with E-state index in [9.17, 15) is 9.59 Å². The predicted octanol–water partition coefficient (Wildman–Crippen LogP) is 2.31. The van der Waals surface area contributed by atoms with Gasteiger partial charge < -0.3 is 9.30 Å². The minimum Gasteiger partial charge on any atom is -0.496 e. The number of aromatic nitrogens is 4. The molecule has 1 N–H and O–H groups in total. The summed E-state index contributed by atoms with van der Waals surface area (Å²) in [5.74, 6) is 1.31. The van der Waals surface area contributed by atoms with Gasteiger partial charge in [-0.25, -0.2) is 10.2 Å². The van der Waals surface area contributed by atoms with Crippen LogP contribution in [-0.2, 0) is 20.6 Å². The zero-order chi connectivity index (χ0) is 21.3. The SMILES string of the molecule is COc1ccc(Br)cc1/C=N/Nc1nc2c(c(=O)n(C)c(=O)n2C)n1CC(C)C. The summed E-state index contributed by atoms with van der Waals surface area (Å²) in [5.41, 5.74) is 3.54. The van der Waals surface area contributed by atoms with Crippen LogP contribution >= 0.6 is 15.9 Å². The van der Waals surface area contributed by atoms with Crippen LogP contribution < -0.4 is 21.4 Å². The minimum absolute atomic E-state index is 0.254. The molecule has 9 nitrogen and oxygen atoms in total. The second-order valence-corrected chi connectivity index (χ2v) is 7.99. The second kappa shape index (κ2) is 8.24. The second-order valence-electron chi connectivity index (χ2n) is 7.07. The summed E-state index contributed by atoms with van der Waals surface area (Å²) in [6.45, 7) is 4.62. The molecule has 0 spiro atoms. The van der Waals surface area contributed by atoms with Crippen LogP contribution in [0.1, 0.15) is 19.4 Å². The zero-order valence-electron chi connectivity index (χ0n) is 16.9. The van der Waals surface area contributed by atoms with Crippen LogP contribution in [0, 0.1) is 5.92 Å². The fourth-order valence-corrected chi connectivity index (χ4v) is 3.42. The average molecular weight is 463 g/mol. The van der Waals surface area contributed by atoms with Gasteiger partial charge in [-0.05, 0) is 24.1 Å². The van der Waals surface area contributed by atoms with Crippen molar-refractivity contribution in [2.75, 3.05) is 12.5 Å². The molecule has 1 aromatic carbocycles.